The summed E-state index contributed by atoms with van der Waals surface area (Å²) in [5, 5.41) is 16.3. The molecule has 8 nitrogen and oxygen atoms in total. The van der Waals surface area contributed by atoms with Gasteiger partial charge >= 0.3 is 5.97 Å². The number of aromatic nitrogens is 3. The Kier molecular flexibility index (Phi) is 4.18. The van der Waals surface area contributed by atoms with Gasteiger partial charge in [-0.2, -0.15) is 0 Å². The number of carbonyl (C=O) groups excluding carboxylic acids is 1. The predicted octanol–water partition coefficient (Wildman–Crippen LogP) is 0.717. The molecule has 0 saturated heterocycles. The lowest BCUT2D eigenvalue weighted by molar-refractivity contribution is -0.142. The van der Waals surface area contributed by atoms with Crippen LogP contribution < -0.4 is 10.6 Å². The lowest BCUT2D eigenvalue weighted by atomic mass is 10.0. The Morgan fingerprint density at radius 1 is 1.31 bits per heavy atom. The Balaban J connectivity index is 1.47. The Morgan fingerprint density at radius 3 is 3.00 bits per heavy atom. The number of aromatic amines is 2. The minimum atomic E-state index is -1.06. The molecule has 2 aromatic heterocycles. The number of rotatable bonds is 5. The van der Waals surface area contributed by atoms with Gasteiger partial charge in [-0.25, -0.2) is 9.78 Å². The number of hydrogen-bond acceptors (Lipinski definition) is 4. The van der Waals surface area contributed by atoms with Gasteiger partial charge in [-0.05, 0) is 11.6 Å². The molecule has 1 aliphatic rings. The van der Waals surface area contributed by atoms with E-state index in [9.17, 15) is 14.7 Å². The van der Waals surface area contributed by atoms with Crippen molar-refractivity contribution in [3.8, 4) is 0 Å². The average molecular weight is 353 g/mol. The third-order valence-electron chi connectivity index (χ3n) is 4.76. The minimum Gasteiger partial charge on any atom is -0.480 e. The summed E-state index contributed by atoms with van der Waals surface area (Å²) in [5.74, 6) is -1.38. The van der Waals surface area contributed by atoms with Crippen LogP contribution in [0.5, 0.6) is 0 Å². The van der Waals surface area contributed by atoms with E-state index in [1.54, 1.807) is 12.5 Å². The van der Waals surface area contributed by atoms with Gasteiger partial charge < -0.3 is 20.4 Å². The van der Waals surface area contributed by atoms with Crippen molar-refractivity contribution in [1.29, 1.82) is 0 Å². The molecule has 0 bridgehead atoms. The molecule has 1 amide bonds. The topological polar surface area (TPSA) is 123 Å². The summed E-state index contributed by atoms with van der Waals surface area (Å²) in [5.41, 5.74) is 3.60. The number of carbonyl (C=O) groups is 2. The molecule has 0 saturated carbocycles. The molecule has 0 fully saturated rings. The molecule has 5 N–H and O–H groups in total. The van der Waals surface area contributed by atoms with Crippen molar-refractivity contribution in [2.75, 3.05) is 0 Å². The van der Waals surface area contributed by atoms with E-state index in [-0.39, 0.29) is 12.3 Å². The van der Waals surface area contributed by atoms with Gasteiger partial charge in [-0.3, -0.25) is 10.1 Å². The standard InChI is InChI=1S/C18H19N5O3/c24-17(14-6-13-16(8-20-14)22-9-21-13)23-15(18(25)26)5-10-7-19-12-4-2-1-3-11(10)12/h1-4,7,9,14-15,19-20H,5-6,8H2,(H,21,22)(H,23,24)(H,25,26)/t14-,15-/m0/s1. The van der Waals surface area contributed by atoms with Crippen molar-refractivity contribution >= 4 is 22.8 Å². The maximum Gasteiger partial charge on any atom is 0.326 e. The number of benzene rings is 1. The number of nitrogens with zero attached hydrogens (tertiary/aromatic N) is 1. The first-order valence-electron chi connectivity index (χ1n) is 8.44. The molecule has 0 unspecified atom stereocenters. The van der Waals surface area contributed by atoms with Gasteiger partial charge in [0.25, 0.3) is 0 Å². The van der Waals surface area contributed by atoms with Crippen LogP contribution in [0.1, 0.15) is 17.0 Å². The normalized spacial score (nSPS) is 17.6. The smallest absolute Gasteiger partial charge is 0.326 e. The van der Waals surface area contributed by atoms with E-state index >= 15 is 0 Å². The highest BCUT2D eigenvalue weighted by Crippen LogP contribution is 2.19. The van der Waals surface area contributed by atoms with Crippen molar-refractivity contribution in [1.82, 2.24) is 25.6 Å². The summed E-state index contributed by atoms with van der Waals surface area (Å²) in [6.45, 7) is 0.508. The van der Waals surface area contributed by atoms with Crippen LogP contribution in [0.2, 0.25) is 0 Å². The maximum atomic E-state index is 12.6. The van der Waals surface area contributed by atoms with E-state index in [0.29, 0.717) is 13.0 Å². The van der Waals surface area contributed by atoms with E-state index in [2.05, 4.69) is 25.6 Å². The van der Waals surface area contributed by atoms with Crippen LogP contribution in [0.4, 0.5) is 0 Å². The van der Waals surface area contributed by atoms with E-state index < -0.39 is 18.1 Å². The Morgan fingerprint density at radius 2 is 2.15 bits per heavy atom. The SMILES string of the molecule is O=C(O)[C@H](Cc1c[nH]c2ccccc12)NC(=O)[C@@H]1Cc2nc[nH]c2CN1. The average Bonchev–Trinajstić information content (AvgIpc) is 3.27. The third kappa shape index (κ3) is 3.06. The number of H-pyrrole nitrogens is 2. The number of nitrogens with one attached hydrogen (secondary N) is 4. The highest BCUT2D eigenvalue weighted by Gasteiger charge is 2.29. The van der Waals surface area contributed by atoms with Gasteiger partial charge in [0.05, 0.1) is 23.8 Å². The van der Waals surface area contributed by atoms with Crippen molar-refractivity contribution in [3.63, 3.8) is 0 Å². The molecular weight excluding hydrogens is 334 g/mol. The zero-order valence-corrected chi connectivity index (χ0v) is 14.0. The largest absolute Gasteiger partial charge is 0.480 e. The van der Waals surface area contributed by atoms with Crippen LogP contribution in [0, 0.1) is 0 Å². The monoisotopic (exact) mass is 353 g/mol. The molecule has 134 valence electrons. The van der Waals surface area contributed by atoms with Crippen LogP contribution in [0.15, 0.2) is 36.8 Å². The molecule has 3 aromatic rings. The lowest BCUT2D eigenvalue weighted by Crippen LogP contribution is -2.52. The van der Waals surface area contributed by atoms with Crippen molar-refractivity contribution in [2.45, 2.75) is 31.5 Å². The zero-order valence-electron chi connectivity index (χ0n) is 14.0. The first kappa shape index (κ1) is 16.3. The summed E-state index contributed by atoms with van der Waals surface area (Å²) in [7, 11) is 0. The van der Waals surface area contributed by atoms with Gasteiger partial charge in [0.2, 0.25) is 5.91 Å². The summed E-state index contributed by atoms with van der Waals surface area (Å²) < 4.78 is 0. The number of carboxylic acids is 1. The second-order valence-electron chi connectivity index (χ2n) is 6.43. The number of para-hydroxylation sites is 1. The van der Waals surface area contributed by atoms with Crippen LogP contribution in [-0.2, 0) is 29.0 Å². The highest BCUT2D eigenvalue weighted by molar-refractivity contribution is 5.88. The zero-order chi connectivity index (χ0) is 18.1. The molecule has 0 aliphatic carbocycles. The predicted molar refractivity (Wildman–Crippen MR) is 94.5 cm³/mol. The van der Waals surface area contributed by atoms with Gasteiger partial charge in [0, 0.05) is 36.5 Å². The Hall–Kier alpha value is -3.13. The van der Waals surface area contributed by atoms with E-state index in [0.717, 1.165) is 27.9 Å². The molecule has 4 rings (SSSR count). The van der Waals surface area contributed by atoms with Gasteiger partial charge in [0.15, 0.2) is 0 Å². The first-order chi connectivity index (χ1) is 12.6. The Bertz CT molecular complexity index is 961. The number of imidazole rings is 1. The number of fused-ring (bicyclic) bond motifs is 2. The highest BCUT2D eigenvalue weighted by atomic mass is 16.4. The van der Waals surface area contributed by atoms with E-state index in [1.165, 1.54) is 0 Å². The molecule has 1 aliphatic heterocycles. The summed E-state index contributed by atoms with van der Waals surface area (Å²) in [6.07, 6.45) is 4.04. The molecule has 2 atom stereocenters. The Labute approximate surface area is 149 Å². The fraction of sp³-hybridized carbons (Fsp3) is 0.278. The second kappa shape index (κ2) is 6.64. The maximum absolute atomic E-state index is 12.6. The third-order valence-corrected chi connectivity index (χ3v) is 4.76. The van der Waals surface area contributed by atoms with Crippen LogP contribution in [-0.4, -0.2) is 44.0 Å². The number of carboxylic acid groups (broad SMARTS) is 1. The van der Waals surface area contributed by atoms with Crippen LogP contribution in [0.25, 0.3) is 10.9 Å². The second-order valence-corrected chi connectivity index (χ2v) is 6.43. The number of hydrogen-bond donors (Lipinski definition) is 5. The fourth-order valence-electron chi connectivity index (χ4n) is 3.35. The molecule has 8 heteroatoms. The van der Waals surface area contributed by atoms with Gasteiger partial charge in [-0.1, -0.05) is 18.2 Å². The molecular formula is C18H19N5O3. The molecule has 1 aromatic carbocycles. The minimum absolute atomic E-state index is 0.214. The van der Waals surface area contributed by atoms with Crippen LogP contribution in [0.3, 0.4) is 0 Å². The fourth-order valence-corrected chi connectivity index (χ4v) is 3.35. The van der Waals surface area contributed by atoms with Crippen molar-refractivity contribution in [2.24, 2.45) is 0 Å². The lowest BCUT2D eigenvalue weighted by Gasteiger charge is -2.24. The molecule has 26 heavy (non-hydrogen) atoms. The summed E-state index contributed by atoms with van der Waals surface area (Å²) in [6, 6.07) is 6.20. The number of amides is 1. The van der Waals surface area contributed by atoms with Gasteiger partial charge in [0.1, 0.15) is 6.04 Å². The summed E-state index contributed by atoms with van der Waals surface area (Å²) in [4.78, 5) is 34.6. The molecule has 0 spiro atoms. The first-order valence-corrected chi connectivity index (χ1v) is 8.44. The molecule has 0 radical (unpaired) electrons. The van der Waals surface area contributed by atoms with Gasteiger partial charge in [-0.15, -0.1) is 0 Å². The van der Waals surface area contributed by atoms with E-state index in [1.807, 2.05) is 24.3 Å². The van der Waals surface area contributed by atoms with E-state index in [4.69, 9.17) is 0 Å². The quantitative estimate of drug-likeness (QED) is 0.462. The van der Waals surface area contributed by atoms with Crippen molar-refractivity contribution < 1.29 is 14.7 Å². The molecule has 3 heterocycles. The van der Waals surface area contributed by atoms with Crippen LogP contribution >= 0.6 is 0 Å². The van der Waals surface area contributed by atoms with Crippen molar-refractivity contribution in [3.05, 3.63) is 53.7 Å². The summed E-state index contributed by atoms with van der Waals surface area (Å²) >= 11 is 0. The number of aliphatic carboxylic acids is 1.